The second kappa shape index (κ2) is 3.21. The van der Waals surface area contributed by atoms with Gasteiger partial charge in [-0.3, -0.25) is 0 Å². The first-order valence-electron chi connectivity index (χ1n) is 4.72. The molecule has 0 aromatic carbocycles. The van der Waals surface area contributed by atoms with Crippen LogP contribution in [0.3, 0.4) is 0 Å². The molecule has 1 aliphatic carbocycles. The Bertz CT molecular complexity index is 130. The van der Waals surface area contributed by atoms with Gasteiger partial charge in [0.05, 0.1) is 0 Å². The van der Waals surface area contributed by atoms with Gasteiger partial charge >= 0.3 is 0 Å². The molecule has 11 heavy (non-hydrogen) atoms. The molecular formula is C9H16IN. The summed E-state index contributed by atoms with van der Waals surface area (Å²) in [4.78, 5) is 0. The molecular weight excluding hydrogens is 249 g/mol. The van der Waals surface area contributed by atoms with Crippen LogP contribution in [-0.2, 0) is 0 Å². The summed E-state index contributed by atoms with van der Waals surface area (Å²) in [5.74, 6) is 0. The molecule has 0 amide bonds. The highest BCUT2D eigenvalue weighted by molar-refractivity contribution is 14.1. The molecule has 64 valence electrons. The van der Waals surface area contributed by atoms with Crippen LogP contribution in [0.1, 0.15) is 38.5 Å². The zero-order valence-electron chi connectivity index (χ0n) is 6.98. The molecule has 1 nitrogen and oxygen atoms in total. The number of nitrogens with zero attached hydrogens (tertiary/aromatic N) is 1. The maximum Gasteiger partial charge on any atom is 0.0201 e. The fourth-order valence-corrected chi connectivity index (χ4v) is 3.06. The lowest BCUT2D eigenvalue weighted by atomic mass is 9.78. The van der Waals surface area contributed by atoms with E-state index in [9.17, 15) is 0 Å². The van der Waals surface area contributed by atoms with Gasteiger partial charge in [-0.1, -0.05) is 12.8 Å². The minimum absolute atomic E-state index is 0.807. The number of hydrogen-bond acceptors (Lipinski definition) is 1. The monoisotopic (exact) mass is 265 g/mol. The van der Waals surface area contributed by atoms with Crippen molar-refractivity contribution in [1.29, 1.82) is 0 Å². The van der Waals surface area contributed by atoms with Crippen molar-refractivity contribution in [3.8, 4) is 0 Å². The first-order valence-corrected chi connectivity index (χ1v) is 5.68. The maximum atomic E-state index is 2.46. The lowest BCUT2D eigenvalue weighted by Crippen LogP contribution is -2.33. The highest BCUT2D eigenvalue weighted by Crippen LogP contribution is 2.46. The highest BCUT2D eigenvalue weighted by atomic mass is 127. The van der Waals surface area contributed by atoms with Gasteiger partial charge in [0, 0.05) is 36.0 Å². The van der Waals surface area contributed by atoms with E-state index in [1.165, 1.54) is 51.6 Å². The van der Waals surface area contributed by atoms with Gasteiger partial charge in [0.25, 0.3) is 0 Å². The largest absolute Gasteiger partial charge is 0.248 e. The summed E-state index contributed by atoms with van der Waals surface area (Å²) in [7, 11) is 0. The summed E-state index contributed by atoms with van der Waals surface area (Å²) in [5.41, 5.74) is 0.807. The first-order chi connectivity index (χ1) is 5.31. The van der Waals surface area contributed by atoms with Gasteiger partial charge in [0.1, 0.15) is 0 Å². The molecule has 2 rings (SSSR count). The molecule has 0 bridgehead atoms. The third kappa shape index (κ3) is 1.72. The van der Waals surface area contributed by atoms with Crippen molar-refractivity contribution in [3.05, 3.63) is 0 Å². The van der Waals surface area contributed by atoms with Crippen LogP contribution < -0.4 is 0 Å². The predicted molar refractivity (Wildman–Crippen MR) is 55.7 cm³/mol. The Labute approximate surface area is 83.0 Å². The molecule has 1 heterocycles. The molecule has 1 saturated carbocycles. The van der Waals surface area contributed by atoms with E-state index in [0.29, 0.717) is 0 Å². The van der Waals surface area contributed by atoms with E-state index in [0.717, 1.165) is 5.41 Å². The fraction of sp³-hybridized carbons (Fsp3) is 1.00. The van der Waals surface area contributed by atoms with E-state index < -0.39 is 0 Å². The van der Waals surface area contributed by atoms with Crippen LogP contribution >= 0.6 is 22.9 Å². The third-order valence-corrected chi connectivity index (χ3v) is 4.40. The summed E-state index contributed by atoms with van der Waals surface area (Å²) >= 11 is 2.46. The van der Waals surface area contributed by atoms with Crippen molar-refractivity contribution in [2.45, 2.75) is 38.5 Å². The number of rotatable bonds is 0. The Hall–Kier alpha value is 0.690. The molecule has 0 aromatic heterocycles. The van der Waals surface area contributed by atoms with Crippen molar-refractivity contribution in [2.75, 3.05) is 13.1 Å². The van der Waals surface area contributed by atoms with E-state index in [-0.39, 0.29) is 0 Å². The van der Waals surface area contributed by atoms with Crippen LogP contribution in [0.25, 0.3) is 0 Å². The van der Waals surface area contributed by atoms with Gasteiger partial charge in [-0.2, -0.15) is 0 Å². The van der Waals surface area contributed by atoms with Crippen LogP contribution in [0.4, 0.5) is 0 Å². The van der Waals surface area contributed by atoms with E-state index in [2.05, 4.69) is 26.0 Å². The van der Waals surface area contributed by atoms with Crippen molar-refractivity contribution in [2.24, 2.45) is 5.41 Å². The van der Waals surface area contributed by atoms with Crippen molar-refractivity contribution in [1.82, 2.24) is 3.11 Å². The number of piperidine rings is 1. The Morgan fingerprint density at radius 1 is 0.909 bits per heavy atom. The van der Waals surface area contributed by atoms with Crippen LogP contribution in [0.2, 0.25) is 0 Å². The quantitative estimate of drug-likeness (QED) is 0.480. The van der Waals surface area contributed by atoms with Gasteiger partial charge in [-0.25, -0.2) is 3.11 Å². The van der Waals surface area contributed by atoms with Crippen LogP contribution in [-0.4, -0.2) is 16.2 Å². The summed E-state index contributed by atoms with van der Waals surface area (Å²) in [6, 6.07) is 0. The van der Waals surface area contributed by atoms with Crippen LogP contribution in [0, 0.1) is 5.41 Å². The Morgan fingerprint density at radius 2 is 1.45 bits per heavy atom. The van der Waals surface area contributed by atoms with Gasteiger partial charge in [0.15, 0.2) is 0 Å². The SMILES string of the molecule is IN1CCC2(CCCC2)CC1. The van der Waals surface area contributed by atoms with Gasteiger partial charge < -0.3 is 0 Å². The molecule has 2 heteroatoms. The third-order valence-electron chi connectivity index (χ3n) is 3.43. The maximum absolute atomic E-state index is 2.46. The molecule has 2 fully saturated rings. The van der Waals surface area contributed by atoms with Gasteiger partial charge in [0.2, 0.25) is 0 Å². The smallest absolute Gasteiger partial charge is 0.0201 e. The van der Waals surface area contributed by atoms with E-state index in [1.54, 1.807) is 0 Å². The minimum Gasteiger partial charge on any atom is -0.248 e. The zero-order chi connectivity index (χ0) is 7.73. The van der Waals surface area contributed by atoms with Crippen LogP contribution in [0.5, 0.6) is 0 Å². The van der Waals surface area contributed by atoms with Crippen LogP contribution in [0.15, 0.2) is 0 Å². The van der Waals surface area contributed by atoms with Crippen molar-refractivity contribution in [3.63, 3.8) is 0 Å². The second-order valence-corrected chi connectivity index (χ2v) is 5.48. The molecule has 1 saturated heterocycles. The lowest BCUT2D eigenvalue weighted by molar-refractivity contribution is 0.176. The predicted octanol–water partition coefficient (Wildman–Crippen LogP) is 2.99. The minimum atomic E-state index is 0.807. The summed E-state index contributed by atoms with van der Waals surface area (Å²) < 4.78 is 2.45. The Kier molecular flexibility index (Phi) is 2.42. The number of halogens is 1. The Morgan fingerprint density at radius 3 is 2.00 bits per heavy atom. The van der Waals surface area contributed by atoms with E-state index in [1.807, 2.05) is 0 Å². The summed E-state index contributed by atoms with van der Waals surface area (Å²) in [6.07, 6.45) is 8.99. The molecule has 1 aliphatic heterocycles. The average molecular weight is 265 g/mol. The first kappa shape index (κ1) is 8.30. The summed E-state index contributed by atoms with van der Waals surface area (Å²) in [6.45, 7) is 2.67. The van der Waals surface area contributed by atoms with Gasteiger partial charge in [-0.05, 0) is 31.1 Å². The average Bonchev–Trinajstić information content (AvgIpc) is 2.45. The topological polar surface area (TPSA) is 3.24 Å². The van der Waals surface area contributed by atoms with E-state index in [4.69, 9.17) is 0 Å². The summed E-state index contributed by atoms with van der Waals surface area (Å²) in [5, 5.41) is 0. The van der Waals surface area contributed by atoms with Crippen molar-refractivity contribution >= 4 is 22.9 Å². The molecule has 2 aliphatic rings. The zero-order valence-corrected chi connectivity index (χ0v) is 9.14. The lowest BCUT2D eigenvalue weighted by Gasteiger charge is -2.36. The molecule has 0 unspecified atom stereocenters. The molecule has 1 spiro atoms. The Balaban J connectivity index is 1.94. The van der Waals surface area contributed by atoms with Gasteiger partial charge in [-0.15, -0.1) is 0 Å². The molecule has 0 radical (unpaired) electrons. The van der Waals surface area contributed by atoms with Crippen molar-refractivity contribution < 1.29 is 0 Å². The fourth-order valence-electron chi connectivity index (χ4n) is 2.58. The molecule has 0 N–H and O–H groups in total. The number of hydrogen-bond donors (Lipinski definition) is 0. The normalized spacial score (nSPS) is 31.4. The second-order valence-electron chi connectivity index (χ2n) is 4.12. The molecule has 0 atom stereocenters. The van der Waals surface area contributed by atoms with E-state index >= 15 is 0 Å². The highest BCUT2D eigenvalue weighted by Gasteiger charge is 2.36. The molecule has 0 aromatic rings. The standard InChI is InChI=1S/C9H16IN/c10-11-7-5-9(6-8-11)3-1-2-4-9/h1-8H2.